The number of piperidine rings is 1. The van der Waals surface area contributed by atoms with Crippen LogP contribution in [0.1, 0.15) is 24.4 Å². The van der Waals surface area contributed by atoms with E-state index in [1.54, 1.807) is 11.9 Å². The zero-order chi connectivity index (χ0) is 14.2. The van der Waals surface area contributed by atoms with E-state index in [4.69, 9.17) is 0 Å². The van der Waals surface area contributed by atoms with Crippen LogP contribution < -0.4 is 0 Å². The van der Waals surface area contributed by atoms with Crippen LogP contribution >= 0.6 is 0 Å². The predicted molar refractivity (Wildman–Crippen MR) is 60.5 cm³/mol. The summed E-state index contributed by atoms with van der Waals surface area (Å²) in [6.45, 7) is 0.286. The van der Waals surface area contributed by atoms with Gasteiger partial charge >= 0.3 is 6.18 Å². The number of alkyl halides is 3. The van der Waals surface area contributed by atoms with Crippen LogP contribution in [0.3, 0.4) is 0 Å². The molecule has 0 spiro atoms. The number of rotatable bonds is 1. The molecule has 1 aliphatic heterocycles. The monoisotopic (exact) mass is 279 g/mol. The van der Waals surface area contributed by atoms with Crippen LogP contribution in [-0.4, -0.2) is 24.7 Å². The number of nitrogens with zero attached hydrogens (tertiary/aromatic N) is 1. The molecular weight excluding hydrogens is 265 g/mol. The van der Waals surface area contributed by atoms with Crippen molar-refractivity contribution in [2.75, 3.05) is 13.6 Å². The molecule has 0 saturated carbocycles. The maximum Gasteiger partial charge on any atom is 0.391 e. The number of benzene rings is 1. The van der Waals surface area contributed by atoms with Crippen molar-refractivity contribution < 1.29 is 22.0 Å². The van der Waals surface area contributed by atoms with Crippen molar-refractivity contribution >= 4 is 0 Å². The zero-order valence-electron chi connectivity index (χ0n) is 10.3. The van der Waals surface area contributed by atoms with E-state index in [2.05, 4.69) is 0 Å². The van der Waals surface area contributed by atoms with E-state index in [0.29, 0.717) is 5.56 Å². The summed E-state index contributed by atoms with van der Waals surface area (Å²) < 4.78 is 64.3. The molecule has 0 N–H and O–H groups in total. The quantitative estimate of drug-likeness (QED) is 0.704. The maximum atomic E-state index is 13.2. The molecule has 6 heteroatoms. The molecule has 1 aromatic rings. The summed E-state index contributed by atoms with van der Waals surface area (Å²) in [5.41, 5.74) is 0.385. The van der Waals surface area contributed by atoms with E-state index in [1.807, 2.05) is 0 Å². The molecule has 1 aromatic carbocycles. The van der Waals surface area contributed by atoms with Gasteiger partial charge in [0, 0.05) is 6.04 Å². The molecule has 2 atom stereocenters. The highest BCUT2D eigenvalue weighted by Crippen LogP contribution is 2.41. The SMILES string of the molecule is CN1CC[C@@H](C(F)(F)F)C[C@H]1c1ccc(F)c(F)c1. The Balaban J connectivity index is 2.23. The van der Waals surface area contributed by atoms with Gasteiger partial charge in [-0.05, 0) is 44.1 Å². The minimum Gasteiger partial charge on any atom is -0.299 e. The van der Waals surface area contributed by atoms with Gasteiger partial charge in [0.2, 0.25) is 0 Å². The zero-order valence-corrected chi connectivity index (χ0v) is 10.3. The third kappa shape index (κ3) is 3.05. The van der Waals surface area contributed by atoms with Crippen molar-refractivity contribution in [1.82, 2.24) is 4.90 Å². The van der Waals surface area contributed by atoms with Gasteiger partial charge in [0.15, 0.2) is 11.6 Å². The van der Waals surface area contributed by atoms with E-state index in [-0.39, 0.29) is 19.4 Å². The average Bonchev–Trinajstić information content (AvgIpc) is 2.32. The minimum atomic E-state index is -4.24. The van der Waals surface area contributed by atoms with Crippen LogP contribution in [0.25, 0.3) is 0 Å². The molecule has 1 nitrogen and oxygen atoms in total. The standard InChI is InChI=1S/C13H14F5N/c1-19-5-4-9(13(16,17)18)7-12(19)8-2-3-10(14)11(15)6-8/h2-3,6,9,12H,4-5,7H2,1H3/t9-,12+/m1/s1. The first-order valence-corrected chi connectivity index (χ1v) is 6.01. The number of likely N-dealkylation sites (tertiary alicyclic amines) is 1. The number of halogens is 5. The van der Waals surface area contributed by atoms with E-state index in [9.17, 15) is 22.0 Å². The Bertz CT molecular complexity index is 457. The lowest BCUT2D eigenvalue weighted by Crippen LogP contribution is -2.39. The molecule has 1 aliphatic rings. The highest BCUT2D eigenvalue weighted by Gasteiger charge is 2.43. The van der Waals surface area contributed by atoms with Crippen molar-refractivity contribution in [2.24, 2.45) is 5.92 Å². The fourth-order valence-corrected chi connectivity index (χ4v) is 2.49. The largest absolute Gasteiger partial charge is 0.391 e. The third-order valence-electron chi connectivity index (χ3n) is 3.66. The minimum absolute atomic E-state index is 0.0418. The van der Waals surface area contributed by atoms with Crippen LogP contribution in [0.2, 0.25) is 0 Å². The van der Waals surface area contributed by atoms with Crippen LogP contribution in [0.4, 0.5) is 22.0 Å². The molecule has 1 saturated heterocycles. The smallest absolute Gasteiger partial charge is 0.299 e. The second-order valence-corrected chi connectivity index (χ2v) is 4.93. The summed E-state index contributed by atoms with van der Waals surface area (Å²) in [7, 11) is 1.69. The summed E-state index contributed by atoms with van der Waals surface area (Å²) in [6, 6.07) is 2.75. The molecule has 0 unspecified atom stereocenters. The highest BCUT2D eigenvalue weighted by atomic mass is 19.4. The Kier molecular flexibility index (Phi) is 3.80. The molecule has 2 rings (SSSR count). The second-order valence-electron chi connectivity index (χ2n) is 4.93. The molecule has 0 aromatic heterocycles. The van der Waals surface area contributed by atoms with Crippen molar-refractivity contribution in [1.29, 1.82) is 0 Å². The van der Waals surface area contributed by atoms with Crippen LogP contribution in [-0.2, 0) is 0 Å². The first-order chi connectivity index (χ1) is 8.79. The molecule has 0 amide bonds. The summed E-state index contributed by atoms with van der Waals surface area (Å²) >= 11 is 0. The molecule has 19 heavy (non-hydrogen) atoms. The number of hydrogen-bond acceptors (Lipinski definition) is 1. The highest BCUT2D eigenvalue weighted by molar-refractivity contribution is 5.22. The Labute approximate surface area is 108 Å². The summed E-state index contributed by atoms with van der Waals surface area (Å²) in [5.74, 6) is -3.41. The van der Waals surface area contributed by atoms with E-state index in [1.165, 1.54) is 6.07 Å². The lowest BCUT2D eigenvalue weighted by molar-refractivity contribution is -0.189. The van der Waals surface area contributed by atoms with Gasteiger partial charge in [-0.3, -0.25) is 4.90 Å². The Morgan fingerprint density at radius 3 is 2.42 bits per heavy atom. The average molecular weight is 279 g/mol. The number of hydrogen-bond donors (Lipinski definition) is 0. The normalized spacial score (nSPS) is 25.6. The Morgan fingerprint density at radius 1 is 1.16 bits per heavy atom. The van der Waals surface area contributed by atoms with Crippen LogP contribution in [0.5, 0.6) is 0 Å². The van der Waals surface area contributed by atoms with Crippen molar-refractivity contribution in [3.05, 3.63) is 35.4 Å². The molecule has 106 valence electrons. The molecule has 0 aliphatic carbocycles. The fraction of sp³-hybridized carbons (Fsp3) is 0.538. The van der Waals surface area contributed by atoms with Gasteiger partial charge in [-0.15, -0.1) is 0 Å². The lowest BCUT2D eigenvalue weighted by Gasteiger charge is -2.38. The van der Waals surface area contributed by atoms with Gasteiger partial charge in [0.1, 0.15) is 0 Å². The topological polar surface area (TPSA) is 3.24 Å². The Hall–Kier alpha value is -1.17. The Morgan fingerprint density at radius 2 is 1.84 bits per heavy atom. The first kappa shape index (κ1) is 14.2. The molecule has 0 radical (unpaired) electrons. The van der Waals surface area contributed by atoms with E-state index in [0.717, 1.165) is 12.1 Å². The van der Waals surface area contributed by atoms with Gasteiger partial charge in [0.25, 0.3) is 0 Å². The lowest BCUT2D eigenvalue weighted by atomic mass is 9.87. The fourth-order valence-electron chi connectivity index (χ4n) is 2.49. The van der Waals surface area contributed by atoms with Crippen molar-refractivity contribution in [3.63, 3.8) is 0 Å². The van der Waals surface area contributed by atoms with Crippen molar-refractivity contribution in [3.8, 4) is 0 Å². The van der Waals surface area contributed by atoms with Crippen LogP contribution in [0.15, 0.2) is 18.2 Å². The molecule has 1 fully saturated rings. The van der Waals surface area contributed by atoms with Gasteiger partial charge in [-0.2, -0.15) is 13.2 Å². The summed E-state index contributed by atoms with van der Waals surface area (Å²) in [4.78, 5) is 1.74. The molecule has 0 bridgehead atoms. The van der Waals surface area contributed by atoms with Gasteiger partial charge in [0.05, 0.1) is 5.92 Å². The van der Waals surface area contributed by atoms with Crippen LogP contribution in [0, 0.1) is 17.6 Å². The van der Waals surface area contributed by atoms with Gasteiger partial charge in [-0.25, -0.2) is 8.78 Å². The second kappa shape index (κ2) is 5.07. The molecular formula is C13H14F5N. The third-order valence-corrected chi connectivity index (χ3v) is 3.66. The van der Waals surface area contributed by atoms with E-state index >= 15 is 0 Å². The molecule has 1 heterocycles. The van der Waals surface area contributed by atoms with Crippen molar-refractivity contribution in [2.45, 2.75) is 25.1 Å². The summed E-state index contributed by atoms with van der Waals surface area (Å²) in [5, 5.41) is 0. The van der Waals surface area contributed by atoms with Gasteiger partial charge in [-0.1, -0.05) is 6.07 Å². The first-order valence-electron chi connectivity index (χ1n) is 6.01. The summed E-state index contributed by atoms with van der Waals surface area (Å²) in [6.07, 6.45) is -4.32. The van der Waals surface area contributed by atoms with E-state index < -0.39 is 29.8 Å². The maximum absolute atomic E-state index is 13.2. The van der Waals surface area contributed by atoms with Gasteiger partial charge < -0.3 is 0 Å². The predicted octanol–water partition coefficient (Wildman–Crippen LogP) is 3.91.